The number of amides is 1. The molecule has 1 aromatic carbocycles. The van der Waals surface area contributed by atoms with Gasteiger partial charge in [-0.25, -0.2) is 4.39 Å². The van der Waals surface area contributed by atoms with Crippen LogP contribution in [-0.2, 0) is 4.79 Å². The van der Waals surface area contributed by atoms with Gasteiger partial charge in [0.2, 0.25) is 5.91 Å². The first-order valence-corrected chi connectivity index (χ1v) is 7.87. The number of halogens is 2. The summed E-state index contributed by atoms with van der Waals surface area (Å²) in [5.41, 5.74) is 0.726. The van der Waals surface area contributed by atoms with Crippen molar-refractivity contribution < 1.29 is 9.18 Å². The lowest BCUT2D eigenvalue weighted by molar-refractivity contribution is -0.122. The van der Waals surface area contributed by atoms with Crippen molar-refractivity contribution in [1.29, 1.82) is 0 Å². The first kappa shape index (κ1) is 15.3. The summed E-state index contributed by atoms with van der Waals surface area (Å²) < 4.78 is 13.5. The van der Waals surface area contributed by atoms with Crippen LogP contribution in [0.5, 0.6) is 0 Å². The number of carbonyl (C=O) groups is 1. The van der Waals surface area contributed by atoms with E-state index in [9.17, 15) is 9.18 Å². The Kier molecular flexibility index (Phi) is 5.40. The molecule has 0 radical (unpaired) electrons. The Morgan fingerprint density at radius 1 is 1.35 bits per heavy atom. The van der Waals surface area contributed by atoms with Gasteiger partial charge in [-0.2, -0.15) is 0 Å². The molecule has 1 aliphatic rings. The number of hydrogen-bond acceptors (Lipinski definition) is 2. The Morgan fingerprint density at radius 2 is 2.05 bits per heavy atom. The lowest BCUT2D eigenvalue weighted by atomic mass is 9.95. The first-order valence-electron chi connectivity index (χ1n) is 7.08. The van der Waals surface area contributed by atoms with Crippen molar-refractivity contribution in [3.05, 3.63) is 28.5 Å². The normalized spacial score (nSPS) is 17.6. The molecule has 1 unspecified atom stereocenters. The maximum absolute atomic E-state index is 13.1. The lowest BCUT2D eigenvalue weighted by Gasteiger charge is -2.25. The van der Waals surface area contributed by atoms with Crippen LogP contribution >= 0.6 is 15.9 Å². The van der Waals surface area contributed by atoms with E-state index >= 15 is 0 Å². The average molecular weight is 343 g/mol. The van der Waals surface area contributed by atoms with Gasteiger partial charge in [0.1, 0.15) is 11.9 Å². The van der Waals surface area contributed by atoms with Gasteiger partial charge >= 0.3 is 0 Å². The van der Waals surface area contributed by atoms with Gasteiger partial charge in [-0.1, -0.05) is 19.3 Å². The van der Waals surface area contributed by atoms with Gasteiger partial charge in [0, 0.05) is 11.7 Å². The van der Waals surface area contributed by atoms with E-state index < -0.39 is 0 Å². The van der Waals surface area contributed by atoms with Crippen molar-refractivity contribution in [2.24, 2.45) is 0 Å². The predicted octanol–water partition coefficient (Wildman–Crippen LogP) is 3.84. The predicted molar refractivity (Wildman–Crippen MR) is 82.2 cm³/mol. The largest absolute Gasteiger partial charge is 0.374 e. The Bertz CT molecular complexity index is 475. The Morgan fingerprint density at radius 3 is 2.70 bits per heavy atom. The molecule has 0 aliphatic heterocycles. The van der Waals surface area contributed by atoms with Gasteiger partial charge in [-0.3, -0.25) is 4.79 Å². The molecular weight excluding hydrogens is 323 g/mol. The van der Waals surface area contributed by atoms with Crippen molar-refractivity contribution in [2.45, 2.75) is 51.1 Å². The molecule has 0 bridgehead atoms. The summed E-state index contributed by atoms with van der Waals surface area (Å²) in [6, 6.07) is 4.61. The minimum atomic E-state index is -0.339. The molecule has 0 saturated heterocycles. The van der Waals surface area contributed by atoms with E-state index in [1.807, 2.05) is 6.92 Å². The number of carbonyl (C=O) groups excluding carboxylic acids is 1. The molecule has 0 spiro atoms. The number of hydrogen-bond donors (Lipinski definition) is 2. The lowest BCUT2D eigenvalue weighted by Crippen LogP contribution is -2.44. The highest BCUT2D eigenvalue weighted by atomic mass is 79.9. The summed E-state index contributed by atoms with van der Waals surface area (Å²) in [6.45, 7) is 1.81. The van der Waals surface area contributed by atoms with Gasteiger partial charge in [-0.15, -0.1) is 0 Å². The third kappa shape index (κ3) is 4.20. The van der Waals surface area contributed by atoms with Crippen LogP contribution in [0.2, 0.25) is 0 Å². The zero-order valence-corrected chi connectivity index (χ0v) is 13.2. The zero-order chi connectivity index (χ0) is 14.5. The third-order valence-electron chi connectivity index (χ3n) is 3.65. The highest BCUT2D eigenvalue weighted by Gasteiger charge is 2.19. The highest BCUT2D eigenvalue weighted by molar-refractivity contribution is 9.10. The van der Waals surface area contributed by atoms with Crippen LogP contribution in [0.4, 0.5) is 10.1 Å². The maximum atomic E-state index is 13.1. The summed E-state index contributed by atoms with van der Waals surface area (Å²) in [5, 5.41) is 6.17. The van der Waals surface area contributed by atoms with Crippen LogP contribution in [0, 0.1) is 5.82 Å². The second-order valence-corrected chi connectivity index (χ2v) is 6.19. The Balaban J connectivity index is 1.88. The van der Waals surface area contributed by atoms with E-state index in [0.717, 1.165) is 18.5 Å². The van der Waals surface area contributed by atoms with Gasteiger partial charge in [0.05, 0.1) is 4.47 Å². The average Bonchev–Trinajstić information content (AvgIpc) is 2.44. The second kappa shape index (κ2) is 7.07. The van der Waals surface area contributed by atoms with Crippen molar-refractivity contribution in [2.75, 3.05) is 5.32 Å². The molecule has 1 aromatic rings. The fourth-order valence-corrected chi connectivity index (χ4v) is 2.85. The SMILES string of the molecule is CC(Nc1ccc(F)c(Br)c1)C(=O)NC1CCCCC1. The highest BCUT2D eigenvalue weighted by Crippen LogP contribution is 2.21. The van der Waals surface area contributed by atoms with Crippen LogP contribution < -0.4 is 10.6 Å². The number of rotatable bonds is 4. The van der Waals surface area contributed by atoms with Crippen LogP contribution in [0.25, 0.3) is 0 Å². The van der Waals surface area contributed by atoms with Crippen LogP contribution in [0.15, 0.2) is 22.7 Å². The standard InChI is InChI=1S/C15H20BrFN2O/c1-10(15(20)19-11-5-3-2-4-6-11)18-12-7-8-14(17)13(16)9-12/h7-11,18H,2-6H2,1H3,(H,19,20). The quantitative estimate of drug-likeness (QED) is 0.872. The summed E-state index contributed by atoms with van der Waals surface area (Å²) in [6.07, 6.45) is 5.79. The molecule has 5 heteroatoms. The van der Waals surface area contributed by atoms with E-state index in [4.69, 9.17) is 0 Å². The molecule has 0 aromatic heterocycles. The van der Waals surface area contributed by atoms with E-state index in [1.54, 1.807) is 12.1 Å². The molecule has 1 aliphatic carbocycles. The van der Waals surface area contributed by atoms with Gasteiger partial charge in [-0.05, 0) is 53.9 Å². The van der Waals surface area contributed by atoms with Gasteiger partial charge in [0.15, 0.2) is 0 Å². The number of benzene rings is 1. The molecule has 0 heterocycles. The van der Waals surface area contributed by atoms with Gasteiger partial charge in [0.25, 0.3) is 0 Å². The third-order valence-corrected chi connectivity index (χ3v) is 4.26. The Hall–Kier alpha value is -1.10. The molecule has 1 saturated carbocycles. The van der Waals surface area contributed by atoms with E-state index in [1.165, 1.54) is 25.3 Å². The summed E-state index contributed by atoms with van der Waals surface area (Å²) in [7, 11) is 0. The molecule has 2 rings (SSSR count). The smallest absolute Gasteiger partial charge is 0.242 e. The monoisotopic (exact) mass is 342 g/mol. The fourth-order valence-electron chi connectivity index (χ4n) is 2.47. The van der Waals surface area contributed by atoms with E-state index in [2.05, 4.69) is 26.6 Å². The minimum absolute atomic E-state index is 0.00246. The summed E-state index contributed by atoms with van der Waals surface area (Å²) in [5.74, 6) is -0.313. The molecule has 1 atom stereocenters. The molecular formula is C15H20BrFN2O. The second-order valence-electron chi connectivity index (χ2n) is 5.34. The van der Waals surface area contributed by atoms with Crippen molar-refractivity contribution in [1.82, 2.24) is 5.32 Å². The zero-order valence-electron chi connectivity index (χ0n) is 11.6. The minimum Gasteiger partial charge on any atom is -0.374 e. The molecule has 1 amide bonds. The molecule has 1 fully saturated rings. The Labute approximate surface area is 127 Å². The molecule has 3 nitrogen and oxygen atoms in total. The first-order chi connectivity index (χ1) is 9.56. The molecule has 20 heavy (non-hydrogen) atoms. The maximum Gasteiger partial charge on any atom is 0.242 e. The number of nitrogens with one attached hydrogen (secondary N) is 2. The van der Waals surface area contributed by atoms with Crippen molar-refractivity contribution >= 4 is 27.5 Å². The summed E-state index contributed by atoms with van der Waals surface area (Å²) >= 11 is 3.14. The molecule has 110 valence electrons. The topological polar surface area (TPSA) is 41.1 Å². The fraction of sp³-hybridized carbons (Fsp3) is 0.533. The van der Waals surface area contributed by atoms with Gasteiger partial charge < -0.3 is 10.6 Å². The van der Waals surface area contributed by atoms with E-state index in [0.29, 0.717) is 10.5 Å². The van der Waals surface area contributed by atoms with Crippen LogP contribution in [0.3, 0.4) is 0 Å². The van der Waals surface area contributed by atoms with E-state index in [-0.39, 0.29) is 17.8 Å². The van der Waals surface area contributed by atoms with Crippen LogP contribution in [0.1, 0.15) is 39.0 Å². The van der Waals surface area contributed by atoms with Crippen LogP contribution in [-0.4, -0.2) is 18.0 Å². The summed E-state index contributed by atoms with van der Waals surface area (Å²) in [4.78, 5) is 12.1. The van der Waals surface area contributed by atoms with Crippen molar-refractivity contribution in [3.63, 3.8) is 0 Å². The molecule has 2 N–H and O–H groups in total. The van der Waals surface area contributed by atoms with Crippen molar-refractivity contribution in [3.8, 4) is 0 Å². The number of anilines is 1.